The molecule has 15 heteroatoms. The van der Waals surface area contributed by atoms with Crippen LogP contribution in [0.2, 0.25) is 0 Å². The molecule has 50 heavy (non-hydrogen) atoms. The number of Topliss-reactive ketones (excluding diaryl/α,β-unsaturated/α-hetero) is 1. The maximum absolute atomic E-state index is 14.4. The summed E-state index contributed by atoms with van der Waals surface area (Å²) in [7, 11) is -1.48. The molecule has 1 aromatic heterocycles. The molecule has 2 fully saturated rings. The molecule has 14 nitrogen and oxygen atoms in total. The van der Waals surface area contributed by atoms with Crippen LogP contribution in [0.15, 0.2) is 36.4 Å². The number of hydrogen-bond acceptors (Lipinski definition) is 9. The van der Waals surface area contributed by atoms with Crippen molar-refractivity contribution in [2.24, 2.45) is 11.3 Å². The highest BCUT2D eigenvalue weighted by atomic mass is 32.2. The molecule has 274 valence electrons. The van der Waals surface area contributed by atoms with Crippen LogP contribution in [0.1, 0.15) is 79.1 Å². The van der Waals surface area contributed by atoms with Crippen molar-refractivity contribution < 1.29 is 37.1 Å². The van der Waals surface area contributed by atoms with Crippen molar-refractivity contribution in [1.82, 2.24) is 28.8 Å². The van der Waals surface area contributed by atoms with Gasteiger partial charge in [-0.25, -0.2) is 9.52 Å². The molecule has 3 amide bonds. The first-order chi connectivity index (χ1) is 23.5. The number of nitrogens with one attached hydrogen (secondary N) is 2. The summed E-state index contributed by atoms with van der Waals surface area (Å²) >= 11 is 0. The number of rotatable bonds is 7. The second kappa shape index (κ2) is 14.7. The van der Waals surface area contributed by atoms with E-state index in [9.17, 15) is 27.6 Å². The number of nitrogens with zero attached hydrogens (tertiary/aromatic N) is 4. The van der Waals surface area contributed by atoms with Crippen molar-refractivity contribution in [3.63, 3.8) is 0 Å². The zero-order valence-electron chi connectivity index (χ0n) is 29.8. The molecule has 2 aliphatic heterocycles. The molecule has 0 bridgehead atoms. The highest BCUT2D eigenvalue weighted by Gasteiger charge is 2.61. The van der Waals surface area contributed by atoms with Crippen LogP contribution in [0.3, 0.4) is 0 Å². The number of imidazole rings is 1. The lowest BCUT2D eigenvalue weighted by atomic mass is 9.91. The second-order valence-corrected chi connectivity index (χ2v) is 16.6. The van der Waals surface area contributed by atoms with Crippen molar-refractivity contribution in [2.45, 2.75) is 109 Å². The summed E-state index contributed by atoms with van der Waals surface area (Å²) in [5.41, 5.74) is -0.431. The van der Waals surface area contributed by atoms with Gasteiger partial charge in [-0.15, -0.1) is 0 Å². The second-order valence-electron chi connectivity index (χ2n) is 14.7. The average Bonchev–Trinajstić information content (AvgIpc) is 3.37. The molecule has 0 spiro atoms. The molecule has 1 saturated carbocycles. The largest absolute Gasteiger partial charge is 0.459 e. The summed E-state index contributed by atoms with van der Waals surface area (Å²) in [6.45, 7) is 7.81. The first-order valence-electron chi connectivity index (χ1n) is 17.4. The van der Waals surface area contributed by atoms with Gasteiger partial charge < -0.3 is 19.7 Å². The molecule has 3 aliphatic rings. The monoisotopic (exact) mass is 714 g/mol. The van der Waals surface area contributed by atoms with Crippen LogP contribution in [0, 0.1) is 11.3 Å². The van der Waals surface area contributed by atoms with E-state index < -0.39 is 57.3 Å². The van der Waals surface area contributed by atoms with E-state index >= 15 is 0 Å². The predicted molar refractivity (Wildman–Crippen MR) is 186 cm³/mol. The molecule has 1 aromatic carbocycles. The van der Waals surface area contributed by atoms with Crippen LogP contribution < -0.4 is 14.8 Å². The standard InChI is InChI=1S/C35H50N6O8S/c1-7-40-27-18-14-13-16-25(27)36-32(40)48-24-19-28-29(42)21-35(31(44)38-50(46,47)39(5)6)20-23(35)15-11-9-8-10-12-17-26(30(43)41(28)22-24)37-33(45)49-34(2,3)4/h11,13-16,18,23-24,26,28H,7-10,12,17,19-22H2,1-6H3,(H,37,45)(H,38,44)/b15-11-/t23-,24-,26+,28+,35-/m1/s1. The number of ether oxygens (including phenoxy) is 2. The number of allylic oxidation sites excluding steroid dienone is 2. The van der Waals surface area contributed by atoms with Crippen LogP contribution in [0.25, 0.3) is 11.0 Å². The molecular weight excluding hydrogens is 664 g/mol. The minimum atomic E-state index is -4.11. The van der Waals surface area contributed by atoms with Crippen LogP contribution in [-0.4, -0.2) is 95.3 Å². The summed E-state index contributed by atoms with van der Waals surface area (Å²) in [4.78, 5) is 61.4. The van der Waals surface area contributed by atoms with E-state index in [4.69, 9.17) is 9.47 Å². The Labute approximate surface area is 294 Å². The first kappa shape index (κ1) is 37.3. The quantitative estimate of drug-likeness (QED) is 0.406. The van der Waals surface area contributed by atoms with E-state index in [2.05, 4.69) is 15.0 Å². The zero-order chi connectivity index (χ0) is 36.4. The number of fused-ring (bicyclic) bond motifs is 3. The average molecular weight is 715 g/mol. The topological polar surface area (TPSA) is 169 Å². The van der Waals surface area contributed by atoms with Gasteiger partial charge >= 0.3 is 16.3 Å². The maximum atomic E-state index is 14.4. The Hall–Kier alpha value is -3.98. The van der Waals surface area contributed by atoms with Crippen LogP contribution in [0.5, 0.6) is 6.01 Å². The Morgan fingerprint density at radius 2 is 1.86 bits per heavy atom. The number of carbonyl (C=O) groups excluding carboxylic acids is 4. The Balaban J connectivity index is 1.48. The summed E-state index contributed by atoms with van der Waals surface area (Å²) in [5, 5.41) is 2.75. The van der Waals surface area contributed by atoms with Gasteiger partial charge in [-0.05, 0) is 71.4 Å². The van der Waals surface area contributed by atoms with E-state index in [1.54, 1.807) is 20.8 Å². The number of hydrogen-bond donors (Lipinski definition) is 2. The normalized spacial score (nSPS) is 27.1. The van der Waals surface area contributed by atoms with Crippen molar-refractivity contribution >= 4 is 44.9 Å². The van der Waals surface area contributed by atoms with Crippen LogP contribution in [-0.2, 0) is 35.9 Å². The third-order valence-corrected chi connectivity index (χ3v) is 11.0. The van der Waals surface area contributed by atoms with Crippen LogP contribution in [0.4, 0.5) is 4.79 Å². The Morgan fingerprint density at radius 3 is 2.56 bits per heavy atom. The molecule has 2 aromatic rings. The van der Waals surface area contributed by atoms with Crippen molar-refractivity contribution in [2.75, 3.05) is 20.6 Å². The third-order valence-electron chi connectivity index (χ3n) is 9.62. The van der Waals surface area contributed by atoms with E-state index in [1.807, 2.05) is 47.9 Å². The van der Waals surface area contributed by atoms with Gasteiger partial charge in [-0.1, -0.05) is 37.1 Å². The molecule has 1 aliphatic carbocycles. The fourth-order valence-corrected chi connectivity index (χ4v) is 7.47. The molecular formula is C35H50N6O8S. The van der Waals surface area contributed by atoms with Gasteiger partial charge in [-0.2, -0.15) is 17.7 Å². The van der Waals surface area contributed by atoms with Gasteiger partial charge in [-0.3, -0.25) is 19.0 Å². The third kappa shape index (κ3) is 8.31. The maximum Gasteiger partial charge on any atom is 0.408 e. The van der Waals surface area contributed by atoms with E-state index in [0.717, 1.165) is 28.2 Å². The lowest BCUT2D eigenvalue weighted by molar-refractivity contribution is -0.140. The molecule has 0 radical (unpaired) electrons. The smallest absolute Gasteiger partial charge is 0.408 e. The molecule has 5 rings (SSSR count). The van der Waals surface area contributed by atoms with E-state index in [-0.39, 0.29) is 31.1 Å². The summed E-state index contributed by atoms with van der Waals surface area (Å²) < 4.78 is 42.2. The number of carbonyl (C=O) groups is 4. The van der Waals surface area contributed by atoms with Gasteiger partial charge in [0.2, 0.25) is 11.8 Å². The fourth-order valence-electron chi connectivity index (χ4n) is 6.85. The lowest BCUT2D eigenvalue weighted by Crippen LogP contribution is -2.53. The van der Waals surface area contributed by atoms with Gasteiger partial charge in [0.25, 0.3) is 6.01 Å². The fraction of sp³-hybridized carbons (Fsp3) is 0.629. The number of para-hydroxylation sites is 2. The number of aryl methyl sites for hydroxylation is 1. The lowest BCUT2D eigenvalue weighted by Gasteiger charge is -2.30. The van der Waals surface area contributed by atoms with Crippen molar-refractivity contribution in [3.8, 4) is 6.01 Å². The number of benzene rings is 1. The number of amides is 3. The molecule has 0 unspecified atom stereocenters. The predicted octanol–water partition coefficient (Wildman–Crippen LogP) is 3.71. The Bertz CT molecular complexity index is 1750. The first-order valence-corrected chi connectivity index (χ1v) is 18.8. The number of aromatic nitrogens is 2. The molecule has 5 atom stereocenters. The summed E-state index contributed by atoms with van der Waals surface area (Å²) in [6.07, 6.45) is 5.97. The van der Waals surface area contributed by atoms with Crippen molar-refractivity contribution in [3.05, 3.63) is 36.4 Å². The minimum absolute atomic E-state index is 0.0478. The highest BCUT2D eigenvalue weighted by Crippen LogP contribution is 2.57. The number of alkyl carbamates (subject to hydrolysis) is 1. The molecule has 2 N–H and O–H groups in total. The van der Waals surface area contributed by atoms with Crippen molar-refractivity contribution in [1.29, 1.82) is 0 Å². The Morgan fingerprint density at radius 1 is 1.12 bits per heavy atom. The minimum Gasteiger partial charge on any atom is -0.459 e. The summed E-state index contributed by atoms with van der Waals surface area (Å²) in [6, 6.07) is 6.04. The van der Waals surface area contributed by atoms with Gasteiger partial charge in [0.15, 0.2) is 5.78 Å². The van der Waals surface area contributed by atoms with E-state index in [0.29, 0.717) is 38.2 Å². The van der Waals surface area contributed by atoms with Gasteiger partial charge in [0.1, 0.15) is 17.7 Å². The summed E-state index contributed by atoms with van der Waals surface area (Å²) in [5.74, 6) is -1.91. The van der Waals surface area contributed by atoms with Gasteiger partial charge in [0, 0.05) is 33.5 Å². The molecule has 3 heterocycles. The number of ketones is 1. The highest BCUT2D eigenvalue weighted by molar-refractivity contribution is 7.87. The Kier molecular flexibility index (Phi) is 11.0. The van der Waals surface area contributed by atoms with E-state index in [1.165, 1.54) is 19.0 Å². The SMILES string of the molecule is CCn1c(O[C@@H]2C[C@H]3C(=O)C[C@]4(C(=O)NS(=O)(=O)N(C)C)C[C@H]4/C=C\CCCCC[C@H](NC(=O)OC(C)(C)C)C(=O)N3C2)nc2ccccc21. The zero-order valence-corrected chi connectivity index (χ0v) is 30.6. The van der Waals surface area contributed by atoms with Gasteiger partial charge in [0.05, 0.1) is 29.0 Å². The molecule has 1 saturated heterocycles. The van der Waals surface area contributed by atoms with Crippen LogP contribution >= 0.6 is 0 Å².